The molecule has 0 aliphatic carbocycles. The van der Waals surface area contributed by atoms with E-state index >= 15 is 0 Å². The van der Waals surface area contributed by atoms with E-state index in [2.05, 4.69) is 25.9 Å². The molecule has 0 saturated heterocycles. The predicted octanol–water partition coefficient (Wildman–Crippen LogP) is 2.91. The lowest BCUT2D eigenvalue weighted by molar-refractivity contribution is 0.0988. The minimum Gasteiger partial charge on any atom is -0.308 e. The van der Waals surface area contributed by atoms with Crippen LogP contribution in [0.25, 0.3) is 0 Å². The van der Waals surface area contributed by atoms with E-state index in [0.717, 1.165) is 5.69 Å². The van der Waals surface area contributed by atoms with Crippen molar-refractivity contribution >= 4 is 27.5 Å². The minimum atomic E-state index is -0.0660. The Balaban J connectivity index is 2.28. The van der Waals surface area contributed by atoms with Gasteiger partial charge in [-0.05, 0) is 47.1 Å². The van der Waals surface area contributed by atoms with Gasteiger partial charge in [-0.2, -0.15) is 0 Å². The van der Waals surface area contributed by atoms with Crippen molar-refractivity contribution in [3.63, 3.8) is 0 Å². The van der Waals surface area contributed by atoms with Crippen molar-refractivity contribution < 1.29 is 4.79 Å². The van der Waals surface area contributed by atoms with Gasteiger partial charge in [0.2, 0.25) is 0 Å². The number of anilines is 1. The van der Waals surface area contributed by atoms with Crippen molar-refractivity contribution in [2.24, 2.45) is 0 Å². The van der Waals surface area contributed by atoms with E-state index in [0.29, 0.717) is 16.7 Å². The lowest BCUT2D eigenvalue weighted by atomic mass is 10.2. The number of pyridine rings is 2. The molecule has 0 bridgehead atoms. The number of nitrogens with zero attached hydrogens (tertiary/aromatic N) is 3. The number of carbonyl (C=O) groups excluding carboxylic acids is 1. The smallest absolute Gasteiger partial charge is 0.259 e. The average Bonchev–Trinajstić information content (AvgIpc) is 2.41. The third-order valence-electron chi connectivity index (χ3n) is 2.51. The van der Waals surface area contributed by atoms with Crippen molar-refractivity contribution in [1.82, 2.24) is 9.97 Å². The third kappa shape index (κ3) is 2.73. The van der Waals surface area contributed by atoms with E-state index in [9.17, 15) is 4.79 Å². The number of rotatable bonds is 3. The lowest BCUT2D eigenvalue weighted by Gasteiger charge is -2.20. The highest BCUT2D eigenvalue weighted by Gasteiger charge is 2.15. The molecule has 0 unspecified atom stereocenters. The second-order valence-corrected chi connectivity index (χ2v) is 4.44. The molecule has 0 aliphatic rings. The van der Waals surface area contributed by atoms with E-state index in [-0.39, 0.29) is 5.91 Å². The zero-order chi connectivity index (χ0) is 13.0. The van der Waals surface area contributed by atoms with Crippen LogP contribution >= 0.6 is 15.9 Å². The minimum absolute atomic E-state index is 0.0660. The molecule has 2 aromatic rings. The van der Waals surface area contributed by atoms with Crippen molar-refractivity contribution in [2.45, 2.75) is 6.92 Å². The summed E-state index contributed by atoms with van der Waals surface area (Å²) < 4.78 is 0.714. The zero-order valence-electron chi connectivity index (χ0n) is 9.88. The van der Waals surface area contributed by atoms with E-state index in [1.807, 2.05) is 19.1 Å². The van der Waals surface area contributed by atoms with Gasteiger partial charge in [0.25, 0.3) is 5.91 Å². The summed E-state index contributed by atoms with van der Waals surface area (Å²) in [6, 6.07) is 7.14. The fraction of sp³-hybridized carbons (Fsp3) is 0.154. The Morgan fingerprint density at radius 1 is 1.28 bits per heavy atom. The number of hydrogen-bond donors (Lipinski definition) is 0. The molecule has 4 nitrogen and oxygen atoms in total. The fourth-order valence-electron chi connectivity index (χ4n) is 1.63. The molecule has 2 heterocycles. The molecule has 92 valence electrons. The van der Waals surface area contributed by atoms with Crippen LogP contribution in [0.1, 0.15) is 17.3 Å². The molecule has 5 heteroatoms. The molecule has 0 aliphatic heterocycles. The average molecular weight is 306 g/mol. The number of amides is 1. The van der Waals surface area contributed by atoms with Crippen molar-refractivity contribution in [2.75, 3.05) is 11.4 Å². The summed E-state index contributed by atoms with van der Waals surface area (Å²) in [5.74, 6) is -0.0660. The highest BCUT2D eigenvalue weighted by molar-refractivity contribution is 9.10. The number of aromatic nitrogens is 2. The van der Waals surface area contributed by atoms with Gasteiger partial charge in [-0.3, -0.25) is 9.78 Å². The molecule has 0 fully saturated rings. The van der Waals surface area contributed by atoms with E-state index in [1.165, 1.54) is 0 Å². The molecule has 0 radical (unpaired) electrons. The molecule has 0 aromatic carbocycles. The topological polar surface area (TPSA) is 46.1 Å². The van der Waals surface area contributed by atoms with Crippen LogP contribution in [0.4, 0.5) is 5.69 Å². The molecule has 18 heavy (non-hydrogen) atoms. The Morgan fingerprint density at radius 3 is 2.56 bits per heavy atom. The lowest BCUT2D eigenvalue weighted by Crippen LogP contribution is -2.30. The summed E-state index contributed by atoms with van der Waals surface area (Å²) in [7, 11) is 0. The van der Waals surface area contributed by atoms with E-state index in [1.54, 1.807) is 35.6 Å². The third-order valence-corrected chi connectivity index (χ3v) is 2.98. The molecular formula is C13H12BrN3O. The first-order valence-corrected chi connectivity index (χ1v) is 6.35. The summed E-state index contributed by atoms with van der Waals surface area (Å²) in [4.78, 5) is 22.0. The van der Waals surface area contributed by atoms with Crippen LogP contribution in [-0.2, 0) is 0 Å². The van der Waals surface area contributed by atoms with Crippen molar-refractivity contribution in [3.8, 4) is 0 Å². The van der Waals surface area contributed by atoms with Gasteiger partial charge >= 0.3 is 0 Å². The van der Waals surface area contributed by atoms with Crippen LogP contribution in [0.5, 0.6) is 0 Å². The Hall–Kier alpha value is -1.75. The first-order valence-electron chi connectivity index (χ1n) is 5.56. The maximum Gasteiger partial charge on any atom is 0.259 e. The Kier molecular flexibility index (Phi) is 4.04. The van der Waals surface area contributed by atoms with Crippen molar-refractivity contribution in [3.05, 3.63) is 53.0 Å². The Morgan fingerprint density at radius 2 is 2.00 bits per heavy atom. The molecule has 1 amide bonds. The van der Waals surface area contributed by atoms with Crippen LogP contribution < -0.4 is 4.90 Å². The van der Waals surface area contributed by atoms with Crippen LogP contribution in [0.15, 0.2) is 47.5 Å². The van der Waals surface area contributed by atoms with Gasteiger partial charge in [-0.25, -0.2) is 4.98 Å². The highest BCUT2D eigenvalue weighted by atomic mass is 79.9. The fourth-order valence-corrected chi connectivity index (χ4v) is 1.86. The van der Waals surface area contributed by atoms with Crippen LogP contribution in [0.3, 0.4) is 0 Å². The number of hydrogen-bond acceptors (Lipinski definition) is 3. The first-order chi connectivity index (χ1) is 8.72. The van der Waals surface area contributed by atoms with Gasteiger partial charge in [0.15, 0.2) is 0 Å². The van der Waals surface area contributed by atoms with Crippen LogP contribution in [-0.4, -0.2) is 22.4 Å². The Bertz CT molecular complexity index is 528. The summed E-state index contributed by atoms with van der Waals surface area (Å²) in [5.41, 5.74) is 1.40. The van der Waals surface area contributed by atoms with Crippen LogP contribution in [0.2, 0.25) is 0 Å². The van der Waals surface area contributed by atoms with Gasteiger partial charge in [0.05, 0.1) is 5.56 Å². The molecular weight excluding hydrogens is 294 g/mol. The van der Waals surface area contributed by atoms with Crippen molar-refractivity contribution in [1.29, 1.82) is 0 Å². The molecule has 2 rings (SSSR count). The SMILES string of the molecule is CCN(C(=O)c1ccc(Br)nc1)c1ccncc1. The van der Waals surface area contributed by atoms with Gasteiger partial charge in [0.1, 0.15) is 4.60 Å². The number of halogens is 1. The molecule has 2 aromatic heterocycles. The highest BCUT2D eigenvalue weighted by Crippen LogP contribution is 2.16. The van der Waals surface area contributed by atoms with Gasteiger partial charge in [-0.15, -0.1) is 0 Å². The van der Waals surface area contributed by atoms with Crippen LogP contribution in [0, 0.1) is 0 Å². The number of carbonyl (C=O) groups is 1. The van der Waals surface area contributed by atoms with Gasteiger partial charge in [0, 0.05) is 30.8 Å². The molecule has 0 N–H and O–H groups in total. The second kappa shape index (κ2) is 5.73. The van der Waals surface area contributed by atoms with Gasteiger partial charge in [-0.1, -0.05) is 0 Å². The molecule has 0 atom stereocenters. The summed E-state index contributed by atoms with van der Waals surface area (Å²) >= 11 is 3.25. The second-order valence-electron chi connectivity index (χ2n) is 3.62. The van der Waals surface area contributed by atoms with E-state index in [4.69, 9.17) is 0 Å². The van der Waals surface area contributed by atoms with Gasteiger partial charge < -0.3 is 4.90 Å². The maximum atomic E-state index is 12.3. The normalized spacial score (nSPS) is 10.1. The summed E-state index contributed by atoms with van der Waals surface area (Å²) in [6.07, 6.45) is 4.91. The standard InChI is InChI=1S/C13H12BrN3O/c1-2-17(11-5-7-15-8-6-11)13(18)10-3-4-12(14)16-9-10/h3-9H,2H2,1H3. The quantitative estimate of drug-likeness (QED) is 0.819. The molecule has 0 saturated carbocycles. The predicted molar refractivity (Wildman–Crippen MR) is 73.5 cm³/mol. The first kappa shape index (κ1) is 12.7. The largest absolute Gasteiger partial charge is 0.308 e. The summed E-state index contributed by atoms with van der Waals surface area (Å²) in [5, 5.41) is 0. The summed E-state index contributed by atoms with van der Waals surface area (Å²) in [6.45, 7) is 2.53. The maximum absolute atomic E-state index is 12.3. The zero-order valence-corrected chi connectivity index (χ0v) is 11.5. The molecule has 0 spiro atoms. The Labute approximate surface area is 114 Å². The van der Waals surface area contributed by atoms with E-state index < -0.39 is 0 Å². The monoisotopic (exact) mass is 305 g/mol.